The highest BCUT2D eigenvalue weighted by atomic mass is 32.1. The van der Waals surface area contributed by atoms with Gasteiger partial charge in [-0.05, 0) is 24.3 Å². The van der Waals surface area contributed by atoms with Crippen LogP contribution in [0.1, 0.15) is 0 Å². The fraction of sp³-hybridized carbons (Fsp3) is 0.0714. The third kappa shape index (κ3) is 4.10. The van der Waals surface area contributed by atoms with Gasteiger partial charge >= 0.3 is 12.4 Å². The van der Waals surface area contributed by atoms with Crippen LogP contribution in [-0.4, -0.2) is 22.4 Å². The Morgan fingerprint density at radius 3 is 2.75 bits per heavy atom. The highest BCUT2D eigenvalue weighted by molar-refractivity contribution is 7.22. The summed E-state index contributed by atoms with van der Waals surface area (Å²) in [5, 5.41) is 5.32. The molecule has 2 amide bonds. The maximum Gasteiger partial charge on any atom is 0.573 e. The number of fused-ring (bicyclic) bond motifs is 1. The molecular formula is C14H9F3N4O2S. The van der Waals surface area contributed by atoms with Crippen LogP contribution in [0.2, 0.25) is 0 Å². The first-order valence-electron chi connectivity index (χ1n) is 6.53. The minimum absolute atomic E-state index is 0.246. The van der Waals surface area contributed by atoms with E-state index in [0.717, 1.165) is 17.4 Å². The SMILES string of the molecule is O=C(Nc1cccnc1)Nc1nc2ccc(OC(F)(F)F)cc2s1. The molecular weight excluding hydrogens is 345 g/mol. The number of amides is 2. The number of anilines is 2. The van der Waals surface area contributed by atoms with Crippen LogP contribution in [0, 0.1) is 0 Å². The van der Waals surface area contributed by atoms with Crippen LogP contribution in [0.25, 0.3) is 10.2 Å². The zero-order valence-corrected chi connectivity index (χ0v) is 12.6. The average molecular weight is 354 g/mol. The van der Waals surface area contributed by atoms with E-state index in [2.05, 4.69) is 25.3 Å². The summed E-state index contributed by atoms with van der Waals surface area (Å²) in [6.07, 6.45) is -1.72. The molecule has 1 aromatic carbocycles. The summed E-state index contributed by atoms with van der Waals surface area (Å²) in [6, 6.07) is 6.55. The first-order chi connectivity index (χ1) is 11.4. The van der Waals surface area contributed by atoms with Crippen LogP contribution in [0.5, 0.6) is 5.75 Å². The van der Waals surface area contributed by atoms with Crippen molar-refractivity contribution in [3.8, 4) is 5.75 Å². The lowest BCUT2D eigenvalue weighted by Gasteiger charge is -2.07. The van der Waals surface area contributed by atoms with Gasteiger partial charge in [-0.1, -0.05) is 11.3 Å². The van der Waals surface area contributed by atoms with Gasteiger partial charge < -0.3 is 10.1 Å². The number of urea groups is 1. The quantitative estimate of drug-likeness (QED) is 0.738. The van der Waals surface area contributed by atoms with E-state index in [9.17, 15) is 18.0 Å². The van der Waals surface area contributed by atoms with Crippen LogP contribution >= 0.6 is 11.3 Å². The van der Waals surface area contributed by atoms with Crippen molar-refractivity contribution in [1.82, 2.24) is 9.97 Å². The van der Waals surface area contributed by atoms with Crippen LogP contribution < -0.4 is 15.4 Å². The van der Waals surface area contributed by atoms with E-state index in [-0.39, 0.29) is 10.9 Å². The number of nitrogens with zero attached hydrogens (tertiary/aromatic N) is 2. The molecule has 24 heavy (non-hydrogen) atoms. The standard InChI is InChI=1S/C14H9F3N4O2S/c15-14(16,17)23-9-3-4-10-11(6-9)24-13(20-10)21-12(22)19-8-2-1-5-18-7-8/h1-7H,(H2,19,20,21,22). The van der Waals surface area contributed by atoms with Gasteiger partial charge in [-0.25, -0.2) is 9.78 Å². The molecule has 3 aromatic rings. The molecule has 124 valence electrons. The van der Waals surface area contributed by atoms with E-state index in [1.165, 1.54) is 18.3 Å². The molecule has 0 fully saturated rings. The number of ether oxygens (including phenoxy) is 1. The number of alkyl halides is 3. The molecule has 0 aliphatic carbocycles. The summed E-state index contributed by atoms with van der Waals surface area (Å²) in [5.41, 5.74) is 0.947. The molecule has 2 N–H and O–H groups in total. The summed E-state index contributed by atoms with van der Waals surface area (Å²) >= 11 is 1.03. The predicted molar refractivity (Wildman–Crippen MR) is 83.2 cm³/mol. The molecule has 2 aromatic heterocycles. The molecule has 0 radical (unpaired) electrons. The lowest BCUT2D eigenvalue weighted by molar-refractivity contribution is -0.274. The Kier molecular flexibility index (Phi) is 4.21. The molecule has 0 atom stereocenters. The number of carbonyl (C=O) groups is 1. The zero-order chi connectivity index (χ0) is 17.2. The number of hydrogen-bond donors (Lipinski definition) is 2. The number of carbonyl (C=O) groups excluding carboxylic acids is 1. The van der Waals surface area contributed by atoms with Gasteiger partial charge in [-0.2, -0.15) is 0 Å². The lowest BCUT2D eigenvalue weighted by Crippen LogP contribution is -2.19. The maximum absolute atomic E-state index is 12.2. The van der Waals surface area contributed by atoms with Crippen molar-refractivity contribution in [2.24, 2.45) is 0 Å². The largest absolute Gasteiger partial charge is 0.573 e. The molecule has 0 saturated carbocycles. The van der Waals surface area contributed by atoms with Crippen molar-refractivity contribution < 1.29 is 22.7 Å². The normalized spacial score (nSPS) is 11.3. The first-order valence-corrected chi connectivity index (χ1v) is 7.35. The molecule has 0 aliphatic rings. The van der Waals surface area contributed by atoms with Crippen LogP contribution in [0.4, 0.5) is 28.8 Å². The second-order valence-electron chi connectivity index (χ2n) is 4.52. The number of aromatic nitrogens is 2. The maximum atomic E-state index is 12.2. The number of halogens is 3. The lowest BCUT2D eigenvalue weighted by atomic mass is 10.3. The highest BCUT2D eigenvalue weighted by Gasteiger charge is 2.31. The molecule has 0 saturated heterocycles. The Morgan fingerprint density at radius 2 is 2.04 bits per heavy atom. The third-order valence-corrected chi connectivity index (χ3v) is 3.67. The van der Waals surface area contributed by atoms with Crippen molar-refractivity contribution >= 4 is 38.4 Å². The van der Waals surface area contributed by atoms with E-state index >= 15 is 0 Å². The molecule has 0 spiro atoms. The number of rotatable bonds is 3. The van der Waals surface area contributed by atoms with Gasteiger partial charge in [0.15, 0.2) is 5.13 Å². The Hall–Kier alpha value is -2.88. The monoisotopic (exact) mass is 354 g/mol. The number of nitrogens with one attached hydrogen (secondary N) is 2. The minimum Gasteiger partial charge on any atom is -0.406 e. The number of pyridine rings is 1. The van der Waals surface area contributed by atoms with E-state index in [4.69, 9.17) is 0 Å². The van der Waals surface area contributed by atoms with Gasteiger partial charge in [0.1, 0.15) is 5.75 Å². The summed E-state index contributed by atoms with van der Waals surface area (Å²) in [4.78, 5) is 19.8. The van der Waals surface area contributed by atoms with Crippen molar-refractivity contribution in [3.05, 3.63) is 42.7 Å². The fourth-order valence-electron chi connectivity index (χ4n) is 1.85. The van der Waals surface area contributed by atoms with E-state index in [1.54, 1.807) is 18.3 Å². The van der Waals surface area contributed by atoms with Gasteiger partial charge in [0.2, 0.25) is 0 Å². The second-order valence-corrected chi connectivity index (χ2v) is 5.55. The molecule has 0 bridgehead atoms. The summed E-state index contributed by atoms with van der Waals surface area (Å²) in [6.45, 7) is 0. The van der Waals surface area contributed by atoms with Crippen molar-refractivity contribution in [1.29, 1.82) is 0 Å². The molecule has 10 heteroatoms. The van der Waals surface area contributed by atoms with Crippen molar-refractivity contribution in [3.63, 3.8) is 0 Å². The van der Waals surface area contributed by atoms with E-state index in [0.29, 0.717) is 15.9 Å². The fourth-order valence-corrected chi connectivity index (χ4v) is 2.74. The van der Waals surface area contributed by atoms with Gasteiger partial charge in [0.25, 0.3) is 0 Å². The Morgan fingerprint density at radius 1 is 1.21 bits per heavy atom. The van der Waals surface area contributed by atoms with Crippen LogP contribution in [-0.2, 0) is 0 Å². The minimum atomic E-state index is -4.76. The predicted octanol–water partition coefficient (Wildman–Crippen LogP) is 4.23. The topological polar surface area (TPSA) is 76.1 Å². The van der Waals surface area contributed by atoms with Crippen LogP contribution in [0.15, 0.2) is 42.7 Å². The summed E-state index contributed by atoms with van der Waals surface area (Å²) in [5.74, 6) is -0.343. The first kappa shape index (κ1) is 16.0. The molecule has 0 aliphatic heterocycles. The Labute approximate surface area is 137 Å². The Bertz CT molecular complexity index is 867. The zero-order valence-electron chi connectivity index (χ0n) is 11.8. The molecule has 3 rings (SSSR count). The van der Waals surface area contributed by atoms with Crippen molar-refractivity contribution in [2.75, 3.05) is 10.6 Å². The van der Waals surface area contributed by atoms with Crippen molar-refractivity contribution in [2.45, 2.75) is 6.36 Å². The summed E-state index contributed by atoms with van der Waals surface area (Å²) in [7, 11) is 0. The van der Waals surface area contributed by atoms with Gasteiger partial charge in [0.05, 0.1) is 22.1 Å². The smallest absolute Gasteiger partial charge is 0.406 e. The van der Waals surface area contributed by atoms with E-state index in [1.807, 2.05) is 0 Å². The average Bonchev–Trinajstić information content (AvgIpc) is 2.87. The molecule has 2 heterocycles. The summed E-state index contributed by atoms with van der Waals surface area (Å²) < 4.78 is 41.0. The van der Waals surface area contributed by atoms with Gasteiger partial charge in [-0.3, -0.25) is 10.3 Å². The van der Waals surface area contributed by atoms with Gasteiger partial charge in [0, 0.05) is 12.3 Å². The van der Waals surface area contributed by atoms with Crippen LogP contribution in [0.3, 0.4) is 0 Å². The Balaban J connectivity index is 1.72. The molecule has 6 nitrogen and oxygen atoms in total. The number of benzene rings is 1. The van der Waals surface area contributed by atoms with Gasteiger partial charge in [-0.15, -0.1) is 13.2 Å². The van der Waals surface area contributed by atoms with E-state index < -0.39 is 12.4 Å². The molecule has 0 unspecified atom stereocenters. The third-order valence-electron chi connectivity index (χ3n) is 2.73. The second kappa shape index (κ2) is 6.32. The number of thiazole rings is 1. The highest BCUT2D eigenvalue weighted by Crippen LogP contribution is 2.31. The number of hydrogen-bond acceptors (Lipinski definition) is 5.